The number of hydrogen-bond acceptors (Lipinski definition) is 6. The summed E-state index contributed by atoms with van der Waals surface area (Å²) < 4.78 is 1.47. The number of rotatable bonds is 5. The van der Waals surface area contributed by atoms with Crippen LogP contribution in [0.3, 0.4) is 0 Å². The molecule has 1 heterocycles. The first-order valence-electron chi connectivity index (χ1n) is 6.28. The fraction of sp³-hybridized carbons (Fsp3) is 0.308. The molecule has 0 saturated heterocycles. The molecule has 7 nitrogen and oxygen atoms in total. The van der Waals surface area contributed by atoms with Gasteiger partial charge in [-0.3, -0.25) is 0 Å². The molecular formula is C13H20ClN5O2. The van der Waals surface area contributed by atoms with Crippen molar-refractivity contribution < 1.29 is 10.2 Å². The predicted molar refractivity (Wildman–Crippen MR) is 85.6 cm³/mol. The van der Waals surface area contributed by atoms with Crippen molar-refractivity contribution in [3.05, 3.63) is 29.5 Å². The van der Waals surface area contributed by atoms with E-state index < -0.39 is 0 Å². The molecule has 0 fully saturated rings. The van der Waals surface area contributed by atoms with E-state index in [1.165, 1.54) is 4.68 Å². The number of nitrogens with zero attached hydrogens (tertiary/aromatic N) is 2. The molecule has 0 bridgehead atoms. The van der Waals surface area contributed by atoms with Gasteiger partial charge < -0.3 is 27.0 Å². The topological polar surface area (TPSA) is 122 Å². The maximum atomic E-state index is 9.64. The number of anilines is 3. The molecule has 0 aliphatic heterocycles. The van der Waals surface area contributed by atoms with E-state index in [-0.39, 0.29) is 24.8 Å². The van der Waals surface area contributed by atoms with Crippen LogP contribution in [0.2, 0.25) is 0 Å². The summed E-state index contributed by atoms with van der Waals surface area (Å²) in [5.74, 6) is 0.580. The van der Waals surface area contributed by atoms with Crippen LogP contribution in [0.1, 0.15) is 11.3 Å². The van der Waals surface area contributed by atoms with E-state index in [9.17, 15) is 5.11 Å². The summed E-state index contributed by atoms with van der Waals surface area (Å²) in [6.07, 6.45) is 0. The van der Waals surface area contributed by atoms with Gasteiger partial charge in [0.05, 0.1) is 25.4 Å². The van der Waals surface area contributed by atoms with Crippen molar-refractivity contribution in [1.29, 1.82) is 0 Å². The molecule has 1 aromatic heterocycles. The van der Waals surface area contributed by atoms with Gasteiger partial charge in [0, 0.05) is 11.8 Å². The third kappa shape index (κ3) is 3.71. The third-order valence-corrected chi connectivity index (χ3v) is 3.09. The minimum absolute atomic E-state index is 0. The van der Waals surface area contributed by atoms with Crippen LogP contribution in [0.15, 0.2) is 18.2 Å². The number of nitrogens with one attached hydrogen (secondary N) is 1. The first-order chi connectivity index (χ1) is 9.52. The molecule has 0 amide bonds. The number of hydrogen-bond donors (Lipinski definition) is 5. The maximum Gasteiger partial charge on any atom is 0.145 e. The summed E-state index contributed by atoms with van der Waals surface area (Å²) >= 11 is 0. The van der Waals surface area contributed by atoms with Crippen molar-refractivity contribution in [2.75, 3.05) is 23.4 Å². The standard InChI is InChI=1S/C13H19N5O2.ClH/c1-8-2-3-9(6-11(8)20)16-7-10-12(14)13(15)18(17-10)4-5-19;/h2-3,6,16,19-20H,4-5,7,14-15H2,1H3;1H. The Balaban J connectivity index is 0.00000220. The van der Waals surface area contributed by atoms with Crippen molar-refractivity contribution in [2.45, 2.75) is 20.0 Å². The van der Waals surface area contributed by atoms with Crippen LogP contribution in [0, 0.1) is 6.92 Å². The summed E-state index contributed by atoms with van der Waals surface area (Å²) in [6.45, 7) is 2.47. The lowest BCUT2D eigenvalue weighted by Crippen LogP contribution is -2.08. The predicted octanol–water partition coefficient (Wildman–Crippen LogP) is 1.09. The van der Waals surface area contributed by atoms with Crippen molar-refractivity contribution in [3.8, 4) is 5.75 Å². The Morgan fingerprint density at radius 1 is 1.33 bits per heavy atom. The average molecular weight is 314 g/mol. The Hall–Kier alpha value is -2.12. The Morgan fingerprint density at radius 2 is 2.05 bits per heavy atom. The number of halogens is 1. The molecule has 2 rings (SSSR count). The van der Waals surface area contributed by atoms with Crippen LogP contribution in [0.25, 0.3) is 0 Å². The second kappa shape index (κ2) is 7.05. The molecule has 0 aliphatic rings. The number of aromatic hydroxyl groups is 1. The normalized spacial score (nSPS) is 10.2. The van der Waals surface area contributed by atoms with Crippen molar-refractivity contribution in [2.24, 2.45) is 0 Å². The van der Waals surface area contributed by atoms with E-state index in [0.717, 1.165) is 11.3 Å². The lowest BCUT2D eigenvalue weighted by molar-refractivity contribution is 0.270. The number of aliphatic hydroxyl groups excluding tert-OH is 1. The van der Waals surface area contributed by atoms with Crippen LogP contribution in [0.4, 0.5) is 17.2 Å². The number of benzene rings is 1. The monoisotopic (exact) mass is 313 g/mol. The van der Waals surface area contributed by atoms with Crippen LogP contribution < -0.4 is 16.8 Å². The highest BCUT2D eigenvalue weighted by Crippen LogP contribution is 2.23. The molecule has 8 heteroatoms. The zero-order chi connectivity index (χ0) is 14.7. The molecular weight excluding hydrogens is 294 g/mol. The Bertz CT molecular complexity index is 615. The molecule has 0 saturated carbocycles. The Morgan fingerprint density at radius 3 is 2.67 bits per heavy atom. The van der Waals surface area contributed by atoms with Gasteiger partial charge in [0.15, 0.2) is 0 Å². The van der Waals surface area contributed by atoms with Crippen LogP contribution >= 0.6 is 12.4 Å². The van der Waals surface area contributed by atoms with Gasteiger partial charge in [-0.15, -0.1) is 12.4 Å². The average Bonchev–Trinajstić information content (AvgIpc) is 2.69. The highest BCUT2D eigenvalue weighted by Gasteiger charge is 2.12. The van der Waals surface area contributed by atoms with Crippen molar-refractivity contribution >= 4 is 29.6 Å². The summed E-state index contributed by atoms with van der Waals surface area (Å²) in [5.41, 5.74) is 14.3. The smallest absolute Gasteiger partial charge is 0.145 e. The van der Waals surface area contributed by atoms with E-state index in [0.29, 0.717) is 30.3 Å². The van der Waals surface area contributed by atoms with E-state index >= 15 is 0 Å². The minimum atomic E-state index is -0.0516. The van der Waals surface area contributed by atoms with E-state index in [4.69, 9.17) is 16.6 Å². The molecule has 21 heavy (non-hydrogen) atoms. The van der Waals surface area contributed by atoms with E-state index in [1.807, 2.05) is 19.1 Å². The SMILES string of the molecule is Cc1ccc(NCc2nn(CCO)c(N)c2N)cc1O.Cl. The van der Waals surface area contributed by atoms with Gasteiger partial charge in [0.1, 0.15) is 17.3 Å². The van der Waals surface area contributed by atoms with Crippen LogP contribution in [0.5, 0.6) is 5.75 Å². The van der Waals surface area contributed by atoms with Crippen molar-refractivity contribution in [3.63, 3.8) is 0 Å². The highest BCUT2D eigenvalue weighted by atomic mass is 35.5. The van der Waals surface area contributed by atoms with Crippen molar-refractivity contribution in [1.82, 2.24) is 9.78 Å². The van der Waals surface area contributed by atoms with Gasteiger partial charge in [-0.25, -0.2) is 4.68 Å². The number of aliphatic hydroxyl groups is 1. The zero-order valence-corrected chi connectivity index (χ0v) is 12.5. The molecule has 0 atom stereocenters. The lowest BCUT2D eigenvalue weighted by Gasteiger charge is -2.07. The van der Waals surface area contributed by atoms with Gasteiger partial charge >= 0.3 is 0 Å². The number of phenols is 1. The second-order valence-electron chi connectivity index (χ2n) is 4.55. The summed E-state index contributed by atoms with van der Waals surface area (Å²) in [6, 6.07) is 5.32. The number of aryl methyl sites for hydroxylation is 1. The first kappa shape index (κ1) is 16.9. The third-order valence-electron chi connectivity index (χ3n) is 3.09. The van der Waals surface area contributed by atoms with Gasteiger partial charge in [0.2, 0.25) is 0 Å². The van der Waals surface area contributed by atoms with Gasteiger partial charge in [-0.2, -0.15) is 5.10 Å². The quantitative estimate of drug-likeness (QED) is 0.563. The maximum absolute atomic E-state index is 9.64. The van der Waals surface area contributed by atoms with Gasteiger partial charge in [-0.05, 0) is 18.6 Å². The molecule has 2 aromatic rings. The van der Waals surface area contributed by atoms with Crippen LogP contribution in [-0.4, -0.2) is 26.6 Å². The lowest BCUT2D eigenvalue weighted by atomic mass is 10.2. The number of aromatic nitrogens is 2. The molecule has 1 aromatic carbocycles. The van der Waals surface area contributed by atoms with Gasteiger partial charge in [-0.1, -0.05) is 6.07 Å². The Labute approximate surface area is 129 Å². The summed E-state index contributed by atoms with van der Waals surface area (Å²) in [5, 5.41) is 25.9. The van der Waals surface area contributed by atoms with Gasteiger partial charge in [0.25, 0.3) is 0 Å². The largest absolute Gasteiger partial charge is 0.508 e. The molecule has 0 radical (unpaired) electrons. The summed E-state index contributed by atoms with van der Waals surface area (Å²) in [4.78, 5) is 0. The van der Waals surface area contributed by atoms with E-state index in [1.54, 1.807) is 6.07 Å². The number of nitrogens with two attached hydrogens (primary N) is 2. The number of phenolic OH excluding ortho intramolecular Hbond substituents is 1. The fourth-order valence-electron chi connectivity index (χ4n) is 1.84. The minimum Gasteiger partial charge on any atom is -0.508 e. The molecule has 0 unspecified atom stereocenters. The molecule has 116 valence electrons. The first-order valence-corrected chi connectivity index (χ1v) is 6.28. The molecule has 0 spiro atoms. The molecule has 7 N–H and O–H groups in total. The fourth-order valence-corrected chi connectivity index (χ4v) is 1.84. The van der Waals surface area contributed by atoms with E-state index in [2.05, 4.69) is 10.4 Å². The second-order valence-corrected chi connectivity index (χ2v) is 4.55. The highest BCUT2D eigenvalue weighted by molar-refractivity contribution is 5.85. The number of nitrogen functional groups attached to an aromatic ring is 2. The molecule has 0 aliphatic carbocycles. The Kier molecular flexibility index (Phi) is 5.69. The zero-order valence-electron chi connectivity index (χ0n) is 11.7. The summed E-state index contributed by atoms with van der Waals surface area (Å²) in [7, 11) is 0. The van der Waals surface area contributed by atoms with Crippen LogP contribution in [-0.2, 0) is 13.1 Å².